The summed E-state index contributed by atoms with van der Waals surface area (Å²) in [5.41, 5.74) is 1.15. The molecule has 2 aliphatic heterocycles. The smallest absolute Gasteiger partial charge is 0.244 e. The maximum atomic E-state index is 10.9. The van der Waals surface area contributed by atoms with Gasteiger partial charge in [0.25, 0.3) is 0 Å². The van der Waals surface area contributed by atoms with Crippen LogP contribution in [0.15, 0.2) is 11.6 Å². The molecule has 1 saturated heterocycles. The summed E-state index contributed by atoms with van der Waals surface area (Å²) in [5.74, 6) is 0.0266. The van der Waals surface area contributed by atoms with E-state index in [-0.39, 0.29) is 12.0 Å². The fourth-order valence-corrected chi connectivity index (χ4v) is 1.66. The van der Waals surface area contributed by atoms with E-state index in [9.17, 15) is 4.79 Å². The van der Waals surface area contributed by atoms with Crippen molar-refractivity contribution in [2.75, 3.05) is 26.2 Å². The summed E-state index contributed by atoms with van der Waals surface area (Å²) in [6.45, 7) is 3.30. The quantitative estimate of drug-likeness (QED) is 0.601. The van der Waals surface area contributed by atoms with Crippen molar-refractivity contribution in [2.45, 2.75) is 12.5 Å². The zero-order valence-electron chi connectivity index (χ0n) is 7.51. The molecule has 0 radical (unpaired) electrons. The van der Waals surface area contributed by atoms with Crippen molar-refractivity contribution < 1.29 is 9.53 Å². The lowest BCUT2D eigenvalue weighted by atomic mass is 10.1. The Bertz CT molecular complexity index is 232. The maximum Gasteiger partial charge on any atom is 0.244 e. The number of carbonyl (C=O) groups excluding carboxylic acids is 1. The van der Waals surface area contributed by atoms with Gasteiger partial charge in [0.05, 0.1) is 12.7 Å². The maximum absolute atomic E-state index is 10.9. The molecule has 0 aromatic heterocycles. The van der Waals surface area contributed by atoms with Crippen molar-refractivity contribution >= 4 is 5.91 Å². The highest BCUT2D eigenvalue weighted by Gasteiger charge is 2.18. The van der Waals surface area contributed by atoms with Crippen molar-refractivity contribution in [3.05, 3.63) is 11.6 Å². The molecule has 0 aromatic rings. The van der Waals surface area contributed by atoms with Gasteiger partial charge in [0.2, 0.25) is 5.91 Å². The van der Waals surface area contributed by atoms with Gasteiger partial charge in [0.1, 0.15) is 0 Å². The predicted octanol–water partition coefficient (Wildman–Crippen LogP) is -0.579. The molecule has 2 aliphatic rings. The summed E-state index contributed by atoms with van der Waals surface area (Å²) in [6.07, 6.45) is 2.79. The molecule has 4 nitrogen and oxygen atoms in total. The van der Waals surface area contributed by atoms with Crippen molar-refractivity contribution in [1.29, 1.82) is 0 Å². The first-order valence-electron chi connectivity index (χ1n) is 4.64. The monoisotopic (exact) mass is 182 g/mol. The van der Waals surface area contributed by atoms with E-state index in [1.165, 1.54) is 0 Å². The van der Waals surface area contributed by atoms with Crippen LogP contribution in [0.25, 0.3) is 0 Å². The number of rotatable bonds is 2. The second-order valence-electron chi connectivity index (χ2n) is 3.42. The molecule has 1 atom stereocenters. The summed E-state index contributed by atoms with van der Waals surface area (Å²) in [4.78, 5) is 10.9. The first kappa shape index (κ1) is 8.72. The van der Waals surface area contributed by atoms with Crippen LogP contribution < -0.4 is 10.6 Å². The normalized spacial score (nSPS) is 28.5. The van der Waals surface area contributed by atoms with Gasteiger partial charge in [-0.05, 0) is 12.0 Å². The average molecular weight is 182 g/mol. The summed E-state index contributed by atoms with van der Waals surface area (Å²) < 4.78 is 5.53. The van der Waals surface area contributed by atoms with Crippen LogP contribution in [0, 0.1) is 0 Å². The molecule has 13 heavy (non-hydrogen) atoms. The lowest BCUT2D eigenvalue weighted by molar-refractivity contribution is -0.115. The summed E-state index contributed by atoms with van der Waals surface area (Å²) in [5, 5.41) is 6.01. The van der Waals surface area contributed by atoms with Crippen LogP contribution >= 0.6 is 0 Å². The number of carbonyl (C=O) groups is 1. The molecule has 1 unspecified atom stereocenters. The molecule has 0 bridgehead atoms. The van der Waals surface area contributed by atoms with E-state index < -0.39 is 0 Å². The number of morpholine rings is 1. The van der Waals surface area contributed by atoms with Gasteiger partial charge in [0, 0.05) is 25.7 Å². The van der Waals surface area contributed by atoms with Crippen LogP contribution in [0.3, 0.4) is 0 Å². The minimum atomic E-state index is 0.0266. The average Bonchev–Trinajstić information content (AvgIpc) is 2.53. The Morgan fingerprint density at radius 1 is 1.62 bits per heavy atom. The minimum Gasteiger partial charge on any atom is -0.375 e. The van der Waals surface area contributed by atoms with Crippen molar-refractivity contribution in [3.8, 4) is 0 Å². The second-order valence-corrected chi connectivity index (χ2v) is 3.42. The standard InChI is InChI=1S/C9H14N2O2/c12-9-4-7(5-11-9)3-8-6-10-1-2-13-8/h4,8,10H,1-3,5-6H2,(H,11,12). The number of nitrogens with one attached hydrogen (secondary N) is 2. The predicted molar refractivity (Wildman–Crippen MR) is 48.3 cm³/mol. The number of ether oxygens (including phenoxy) is 1. The Labute approximate surface area is 77.3 Å². The molecule has 1 amide bonds. The van der Waals surface area contributed by atoms with E-state index in [0.29, 0.717) is 6.54 Å². The van der Waals surface area contributed by atoms with Gasteiger partial charge in [-0.25, -0.2) is 0 Å². The Hall–Kier alpha value is -0.870. The van der Waals surface area contributed by atoms with Crippen molar-refractivity contribution in [2.24, 2.45) is 0 Å². The Kier molecular flexibility index (Phi) is 2.61. The summed E-state index contributed by atoms with van der Waals surface area (Å²) in [7, 11) is 0. The third kappa shape index (κ3) is 2.29. The molecule has 2 heterocycles. The van der Waals surface area contributed by atoms with Crippen LogP contribution in [0.5, 0.6) is 0 Å². The molecule has 0 spiro atoms. The zero-order chi connectivity index (χ0) is 9.10. The van der Waals surface area contributed by atoms with Crippen LogP contribution in [0.4, 0.5) is 0 Å². The highest BCUT2D eigenvalue weighted by Crippen LogP contribution is 2.12. The number of hydrogen-bond donors (Lipinski definition) is 2. The van der Waals surface area contributed by atoms with E-state index in [1.807, 2.05) is 0 Å². The lowest BCUT2D eigenvalue weighted by Gasteiger charge is -2.23. The van der Waals surface area contributed by atoms with Crippen LogP contribution in [-0.4, -0.2) is 38.3 Å². The summed E-state index contributed by atoms with van der Waals surface area (Å²) >= 11 is 0. The van der Waals surface area contributed by atoms with Gasteiger partial charge in [-0.3, -0.25) is 4.79 Å². The molecular weight excluding hydrogens is 168 g/mol. The molecule has 0 aliphatic carbocycles. The van der Waals surface area contributed by atoms with E-state index in [0.717, 1.165) is 31.7 Å². The van der Waals surface area contributed by atoms with Crippen LogP contribution in [0.2, 0.25) is 0 Å². The molecule has 1 fully saturated rings. The molecule has 0 saturated carbocycles. The first-order valence-corrected chi connectivity index (χ1v) is 4.64. The van der Waals surface area contributed by atoms with Crippen molar-refractivity contribution in [1.82, 2.24) is 10.6 Å². The fraction of sp³-hybridized carbons (Fsp3) is 0.667. The molecular formula is C9H14N2O2. The Balaban J connectivity index is 1.83. The number of amides is 1. The van der Waals surface area contributed by atoms with Gasteiger partial charge in [-0.15, -0.1) is 0 Å². The Morgan fingerprint density at radius 2 is 2.54 bits per heavy atom. The van der Waals surface area contributed by atoms with E-state index >= 15 is 0 Å². The molecule has 2 N–H and O–H groups in total. The van der Waals surface area contributed by atoms with Gasteiger partial charge < -0.3 is 15.4 Å². The SMILES string of the molecule is O=C1C=C(CC2CNCCO2)CN1. The van der Waals surface area contributed by atoms with Crippen LogP contribution in [-0.2, 0) is 9.53 Å². The third-order valence-electron chi connectivity index (χ3n) is 2.32. The fourth-order valence-electron chi connectivity index (χ4n) is 1.66. The highest BCUT2D eigenvalue weighted by molar-refractivity contribution is 5.91. The Morgan fingerprint density at radius 3 is 3.15 bits per heavy atom. The minimum absolute atomic E-state index is 0.0266. The van der Waals surface area contributed by atoms with E-state index in [2.05, 4.69) is 10.6 Å². The molecule has 4 heteroatoms. The van der Waals surface area contributed by atoms with Gasteiger partial charge in [-0.1, -0.05) is 0 Å². The van der Waals surface area contributed by atoms with E-state index in [4.69, 9.17) is 4.74 Å². The lowest BCUT2D eigenvalue weighted by Crippen LogP contribution is -2.38. The second kappa shape index (κ2) is 3.89. The topological polar surface area (TPSA) is 50.4 Å². The largest absolute Gasteiger partial charge is 0.375 e. The summed E-state index contributed by atoms with van der Waals surface area (Å²) in [6, 6.07) is 0. The third-order valence-corrected chi connectivity index (χ3v) is 2.32. The molecule has 0 aromatic carbocycles. The molecule has 2 rings (SSSR count). The van der Waals surface area contributed by atoms with E-state index in [1.54, 1.807) is 6.08 Å². The zero-order valence-corrected chi connectivity index (χ0v) is 7.51. The number of hydrogen-bond acceptors (Lipinski definition) is 3. The van der Waals surface area contributed by atoms with Crippen molar-refractivity contribution in [3.63, 3.8) is 0 Å². The highest BCUT2D eigenvalue weighted by atomic mass is 16.5. The first-order chi connectivity index (χ1) is 6.34. The molecule has 72 valence electrons. The van der Waals surface area contributed by atoms with Gasteiger partial charge in [0.15, 0.2) is 0 Å². The van der Waals surface area contributed by atoms with Gasteiger partial charge in [-0.2, -0.15) is 0 Å². The van der Waals surface area contributed by atoms with Crippen LogP contribution in [0.1, 0.15) is 6.42 Å². The van der Waals surface area contributed by atoms with Gasteiger partial charge >= 0.3 is 0 Å².